The number of allylic oxidation sites excluding steroid dienone is 2. The van der Waals surface area contributed by atoms with Crippen molar-refractivity contribution in [1.82, 2.24) is 0 Å². The Morgan fingerprint density at radius 2 is 1.90 bits per heavy atom. The van der Waals surface area contributed by atoms with E-state index in [2.05, 4.69) is 6.92 Å². The summed E-state index contributed by atoms with van der Waals surface area (Å²) in [5, 5.41) is 8.85. The molecule has 1 aromatic carbocycles. The van der Waals surface area contributed by atoms with Gasteiger partial charge in [-0.05, 0) is 31.6 Å². The van der Waals surface area contributed by atoms with Crippen molar-refractivity contribution in [1.29, 1.82) is 0 Å². The number of hydrogen-bond acceptors (Lipinski definition) is 3. The molecule has 0 saturated heterocycles. The number of sulfone groups is 1. The normalized spacial score (nSPS) is 13.1. The lowest BCUT2D eigenvalue weighted by molar-refractivity contribution is 0.342. The molecule has 3 nitrogen and oxygen atoms in total. The number of unbranched alkanes of at least 4 members (excludes halogenated alkanes) is 2. The Morgan fingerprint density at radius 1 is 1.25 bits per heavy atom. The number of aliphatic hydroxyl groups excluding tert-OH is 1. The van der Waals surface area contributed by atoms with E-state index in [9.17, 15) is 8.42 Å². The summed E-state index contributed by atoms with van der Waals surface area (Å²) in [6.45, 7) is 3.81. The number of benzene rings is 1. The van der Waals surface area contributed by atoms with Crippen LogP contribution in [0.4, 0.5) is 0 Å². The molecule has 4 heteroatoms. The van der Waals surface area contributed by atoms with Crippen molar-refractivity contribution in [2.75, 3.05) is 6.61 Å². The zero-order chi connectivity index (χ0) is 15.0. The summed E-state index contributed by atoms with van der Waals surface area (Å²) in [5.41, 5.74) is 1.02. The monoisotopic (exact) mass is 294 g/mol. The van der Waals surface area contributed by atoms with E-state index in [1.165, 1.54) is 12.2 Å². The van der Waals surface area contributed by atoms with Crippen LogP contribution in [-0.2, 0) is 9.84 Å². The van der Waals surface area contributed by atoms with Gasteiger partial charge in [0.15, 0.2) is 0 Å². The molecule has 0 aliphatic heterocycles. The third-order valence-electron chi connectivity index (χ3n) is 2.93. The predicted molar refractivity (Wildman–Crippen MR) is 82.2 cm³/mol. The molecule has 0 radical (unpaired) electrons. The molecule has 0 saturated carbocycles. The van der Waals surface area contributed by atoms with E-state index in [4.69, 9.17) is 5.11 Å². The molecule has 20 heavy (non-hydrogen) atoms. The summed E-state index contributed by atoms with van der Waals surface area (Å²) in [6, 6.07) is 6.80. The Morgan fingerprint density at radius 3 is 2.45 bits per heavy atom. The molecule has 0 amide bonds. The number of aryl methyl sites for hydroxylation is 1. The lowest BCUT2D eigenvalue weighted by Gasteiger charge is -2.06. The maximum Gasteiger partial charge on any atom is 0.206 e. The minimum Gasteiger partial charge on any atom is -0.392 e. The highest BCUT2D eigenvalue weighted by molar-refractivity contribution is 7.95. The van der Waals surface area contributed by atoms with Crippen LogP contribution in [0, 0.1) is 6.92 Å². The van der Waals surface area contributed by atoms with E-state index in [0.717, 1.165) is 18.4 Å². The first-order chi connectivity index (χ1) is 9.52. The Labute approximate surface area is 121 Å². The quantitative estimate of drug-likeness (QED) is 0.619. The van der Waals surface area contributed by atoms with Gasteiger partial charge in [0.25, 0.3) is 0 Å². The summed E-state index contributed by atoms with van der Waals surface area (Å²) in [4.78, 5) is 0.539. The SMILES string of the molecule is CCCC/C=C(\C=C/CO)S(=O)(=O)c1ccc(C)cc1. The zero-order valence-corrected chi connectivity index (χ0v) is 12.9. The Bertz CT molecular complexity index is 566. The zero-order valence-electron chi connectivity index (χ0n) is 12.0. The molecule has 0 aliphatic rings. The first-order valence-electron chi connectivity index (χ1n) is 6.81. The van der Waals surface area contributed by atoms with E-state index in [1.54, 1.807) is 30.3 Å². The van der Waals surface area contributed by atoms with Crippen molar-refractivity contribution < 1.29 is 13.5 Å². The largest absolute Gasteiger partial charge is 0.392 e. The molecule has 0 heterocycles. The minimum atomic E-state index is -3.51. The van der Waals surface area contributed by atoms with Crippen LogP contribution in [0.2, 0.25) is 0 Å². The van der Waals surface area contributed by atoms with Crippen molar-refractivity contribution in [3.05, 3.63) is 53.0 Å². The van der Waals surface area contributed by atoms with Crippen molar-refractivity contribution in [3.8, 4) is 0 Å². The smallest absolute Gasteiger partial charge is 0.206 e. The summed E-state index contributed by atoms with van der Waals surface area (Å²) in [6.07, 6.45) is 7.32. The Hall–Kier alpha value is -1.39. The van der Waals surface area contributed by atoms with Crippen LogP contribution in [-0.4, -0.2) is 20.1 Å². The molecule has 1 rings (SSSR count). The van der Waals surface area contributed by atoms with Crippen LogP contribution in [0.1, 0.15) is 31.7 Å². The van der Waals surface area contributed by atoms with Crippen LogP contribution < -0.4 is 0 Å². The maximum absolute atomic E-state index is 12.5. The highest BCUT2D eigenvalue weighted by Gasteiger charge is 2.17. The van der Waals surface area contributed by atoms with Gasteiger partial charge in [-0.2, -0.15) is 0 Å². The van der Waals surface area contributed by atoms with Crippen LogP contribution in [0.5, 0.6) is 0 Å². The topological polar surface area (TPSA) is 54.4 Å². The second-order valence-electron chi connectivity index (χ2n) is 4.65. The first-order valence-corrected chi connectivity index (χ1v) is 8.30. The Kier molecular flexibility index (Phi) is 6.68. The molecule has 0 atom stereocenters. The molecular formula is C16H22O3S. The lowest BCUT2D eigenvalue weighted by Crippen LogP contribution is -2.03. The molecule has 0 bridgehead atoms. The van der Waals surface area contributed by atoms with Crippen molar-refractivity contribution in [2.45, 2.75) is 38.0 Å². The molecule has 0 unspecified atom stereocenters. The molecule has 0 fully saturated rings. The summed E-state index contributed by atoms with van der Waals surface area (Å²) in [5.74, 6) is 0. The fraction of sp³-hybridized carbons (Fsp3) is 0.375. The van der Waals surface area contributed by atoms with Gasteiger partial charge >= 0.3 is 0 Å². The van der Waals surface area contributed by atoms with E-state index in [0.29, 0.717) is 6.42 Å². The van der Waals surface area contributed by atoms with Crippen LogP contribution in [0.25, 0.3) is 0 Å². The van der Waals surface area contributed by atoms with Gasteiger partial charge in [-0.3, -0.25) is 0 Å². The van der Waals surface area contributed by atoms with Crippen LogP contribution in [0.3, 0.4) is 0 Å². The van der Waals surface area contributed by atoms with Crippen LogP contribution >= 0.6 is 0 Å². The van der Waals surface area contributed by atoms with Gasteiger partial charge < -0.3 is 5.11 Å². The highest BCUT2D eigenvalue weighted by atomic mass is 32.2. The van der Waals surface area contributed by atoms with Crippen molar-refractivity contribution in [2.24, 2.45) is 0 Å². The fourth-order valence-corrected chi connectivity index (χ4v) is 3.12. The Balaban J connectivity index is 3.13. The van der Waals surface area contributed by atoms with Gasteiger partial charge in [-0.15, -0.1) is 0 Å². The average Bonchev–Trinajstić information content (AvgIpc) is 2.43. The molecule has 0 spiro atoms. The highest BCUT2D eigenvalue weighted by Crippen LogP contribution is 2.21. The summed E-state index contributed by atoms with van der Waals surface area (Å²) in [7, 11) is -3.51. The first kappa shape index (κ1) is 16.7. The van der Waals surface area contributed by atoms with E-state index in [-0.39, 0.29) is 16.4 Å². The van der Waals surface area contributed by atoms with Crippen molar-refractivity contribution >= 4 is 9.84 Å². The van der Waals surface area contributed by atoms with E-state index >= 15 is 0 Å². The minimum absolute atomic E-state index is 0.172. The number of hydrogen-bond donors (Lipinski definition) is 1. The third-order valence-corrected chi connectivity index (χ3v) is 4.75. The second-order valence-corrected chi connectivity index (χ2v) is 6.60. The van der Waals surface area contributed by atoms with E-state index in [1.807, 2.05) is 6.92 Å². The second kappa shape index (κ2) is 8.02. The molecule has 110 valence electrons. The van der Waals surface area contributed by atoms with Gasteiger partial charge in [0, 0.05) is 0 Å². The van der Waals surface area contributed by atoms with Gasteiger partial charge in [0.1, 0.15) is 0 Å². The van der Waals surface area contributed by atoms with E-state index < -0.39 is 9.84 Å². The lowest BCUT2D eigenvalue weighted by atomic mass is 10.2. The van der Waals surface area contributed by atoms with Gasteiger partial charge in [-0.25, -0.2) is 8.42 Å². The van der Waals surface area contributed by atoms with Gasteiger partial charge in [0.2, 0.25) is 9.84 Å². The average molecular weight is 294 g/mol. The summed E-state index contributed by atoms with van der Waals surface area (Å²) >= 11 is 0. The van der Waals surface area contributed by atoms with Gasteiger partial charge in [0.05, 0.1) is 16.4 Å². The number of rotatable bonds is 7. The standard InChI is InChI=1S/C16H22O3S/c1-3-4-5-7-15(8-6-13-17)20(18,19)16-11-9-14(2)10-12-16/h6-12,17H,3-5,13H2,1-2H3/b8-6-,15-7+. The maximum atomic E-state index is 12.5. The van der Waals surface area contributed by atoms with Crippen molar-refractivity contribution in [3.63, 3.8) is 0 Å². The summed E-state index contributed by atoms with van der Waals surface area (Å²) < 4.78 is 25.1. The molecule has 0 aliphatic carbocycles. The number of aliphatic hydroxyl groups is 1. The third kappa shape index (κ3) is 4.62. The fourth-order valence-electron chi connectivity index (χ4n) is 1.74. The molecular weight excluding hydrogens is 272 g/mol. The van der Waals surface area contributed by atoms with Gasteiger partial charge in [-0.1, -0.05) is 49.6 Å². The predicted octanol–water partition coefficient (Wildman–Crippen LogP) is 3.39. The molecule has 0 aromatic heterocycles. The molecule has 1 aromatic rings. The molecule has 1 N–H and O–H groups in total. The van der Waals surface area contributed by atoms with Crippen LogP contribution in [0.15, 0.2) is 52.3 Å².